The summed E-state index contributed by atoms with van der Waals surface area (Å²) in [6.45, 7) is 1.94. The number of amides is 1. The van der Waals surface area contributed by atoms with Gasteiger partial charge in [-0.1, -0.05) is 11.6 Å². The van der Waals surface area contributed by atoms with E-state index in [0.717, 1.165) is 12.1 Å². The number of carbonyl (C=O) groups excluding carboxylic acids is 1. The molecule has 1 aromatic carbocycles. The molecule has 0 fully saturated rings. The minimum absolute atomic E-state index is 0.181. The van der Waals surface area contributed by atoms with Gasteiger partial charge in [0.15, 0.2) is 0 Å². The van der Waals surface area contributed by atoms with Gasteiger partial charge in [0.2, 0.25) is 10.0 Å². The molecule has 0 aliphatic rings. The monoisotopic (exact) mass is 324 g/mol. The van der Waals surface area contributed by atoms with E-state index in [1.165, 1.54) is 7.11 Å². The molecule has 0 heterocycles. The molecular formula is C11H14ClFN2O4S. The Balaban J connectivity index is 3.16. The first kappa shape index (κ1) is 16.8. The molecule has 112 valence electrons. The maximum Gasteiger partial charge on any atom is 0.253 e. The fourth-order valence-corrected chi connectivity index (χ4v) is 2.36. The van der Waals surface area contributed by atoms with Crippen LogP contribution in [-0.4, -0.2) is 34.1 Å². The Morgan fingerprint density at radius 3 is 2.65 bits per heavy atom. The summed E-state index contributed by atoms with van der Waals surface area (Å²) in [6, 6.07) is 1.21. The van der Waals surface area contributed by atoms with E-state index >= 15 is 0 Å². The number of hydrogen-bond acceptors (Lipinski definition) is 4. The average molecular weight is 325 g/mol. The molecule has 1 aromatic rings. The molecule has 3 N–H and O–H groups in total. The van der Waals surface area contributed by atoms with E-state index in [-0.39, 0.29) is 23.2 Å². The third-order valence-electron chi connectivity index (χ3n) is 2.37. The molecule has 0 radical (unpaired) electrons. The molecule has 0 aromatic heterocycles. The second-order valence-electron chi connectivity index (χ2n) is 4.14. The molecule has 1 atom stereocenters. The van der Waals surface area contributed by atoms with E-state index in [0.29, 0.717) is 0 Å². The molecule has 1 amide bonds. The van der Waals surface area contributed by atoms with Crippen LogP contribution in [-0.2, 0) is 14.8 Å². The lowest BCUT2D eigenvalue weighted by Crippen LogP contribution is -2.36. The summed E-state index contributed by atoms with van der Waals surface area (Å²) >= 11 is 5.74. The molecule has 6 nitrogen and oxygen atoms in total. The van der Waals surface area contributed by atoms with Crippen molar-refractivity contribution in [2.24, 2.45) is 5.14 Å². The molecule has 1 unspecified atom stereocenters. The third-order valence-corrected chi connectivity index (χ3v) is 3.61. The number of sulfonamides is 1. The Hall–Kier alpha value is -1.22. The molecule has 1 rings (SSSR count). The number of primary sulfonamides is 1. The highest BCUT2D eigenvalue weighted by molar-refractivity contribution is 7.89. The molecule has 0 saturated carbocycles. The molecule has 0 saturated heterocycles. The lowest BCUT2D eigenvalue weighted by molar-refractivity contribution is 0.0905. The largest absolute Gasteiger partial charge is 0.383 e. The van der Waals surface area contributed by atoms with Crippen molar-refractivity contribution in [3.05, 3.63) is 28.5 Å². The van der Waals surface area contributed by atoms with Crippen molar-refractivity contribution in [2.45, 2.75) is 17.9 Å². The number of benzene rings is 1. The second-order valence-corrected chi connectivity index (χ2v) is 6.07. The predicted molar refractivity (Wildman–Crippen MR) is 71.6 cm³/mol. The number of hydrogen-bond donors (Lipinski definition) is 2. The van der Waals surface area contributed by atoms with E-state index in [4.69, 9.17) is 21.5 Å². The summed E-state index contributed by atoms with van der Waals surface area (Å²) < 4.78 is 40.7. The van der Waals surface area contributed by atoms with Gasteiger partial charge in [0.1, 0.15) is 10.7 Å². The standard InChI is InChI=1S/C11H14ClFN2O4S/c1-6(5-19-2)15-11(16)7-3-10(20(14,17)18)9(13)4-8(7)12/h3-4,6H,5H2,1-2H3,(H,15,16)(H2,14,17,18). The van der Waals surface area contributed by atoms with Crippen molar-refractivity contribution < 1.29 is 22.3 Å². The zero-order valence-electron chi connectivity index (χ0n) is 10.8. The molecule has 20 heavy (non-hydrogen) atoms. The van der Waals surface area contributed by atoms with Crippen LogP contribution < -0.4 is 10.5 Å². The molecule has 0 bridgehead atoms. The summed E-state index contributed by atoms with van der Waals surface area (Å²) in [7, 11) is -2.82. The van der Waals surface area contributed by atoms with Gasteiger partial charge in [-0.25, -0.2) is 17.9 Å². The highest BCUT2D eigenvalue weighted by Gasteiger charge is 2.21. The van der Waals surface area contributed by atoms with Crippen molar-refractivity contribution in [1.82, 2.24) is 5.32 Å². The minimum atomic E-state index is -4.28. The summed E-state index contributed by atoms with van der Waals surface area (Å²) in [6.07, 6.45) is 0. The Morgan fingerprint density at radius 1 is 1.55 bits per heavy atom. The van der Waals surface area contributed by atoms with Crippen molar-refractivity contribution in [3.8, 4) is 0 Å². The quantitative estimate of drug-likeness (QED) is 0.840. The SMILES string of the molecule is COCC(C)NC(=O)c1cc(S(N)(=O)=O)c(F)cc1Cl. The first-order valence-corrected chi connectivity index (χ1v) is 7.41. The minimum Gasteiger partial charge on any atom is -0.383 e. The highest BCUT2D eigenvalue weighted by Crippen LogP contribution is 2.23. The summed E-state index contributed by atoms with van der Waals surface area (Å²) in [5.74, 6) is -1.76. The van der Waals surface area contributed by atoms with E-state index in [1.807, 2.05) is 0 Å². The lowest BCUT2D eigenvalue weighted by Gasteiger charge is -2.14. The van der Waals surface area contributed by atoms with Crippen molar-refractivity contribution in [1.29, 1.82) is 0 Å². The van der Waals surface area contributed by atoms with Crippen LogP contribution in [0.15, 0.2) is 17.0 Å². The van der Waals surface area contributed by atoms with Crippen LogP contribution in [0.3, 0.4) is 0 Å². The van der Waals surface area contributed by atoms with Crippen LogP contribution in [0, 0.1) is 5.82 Å². The van der Waals surface area contributed by atoms with Crippen LogP contribution in [0.5, 0.6) is 0 Å². The Labute approximate surface area is 121 Å². The molecule has 9 heteroatoms. The highest BCUT2D eigenvalue weighted by atomic mass is 35.5. The number of nitrogens with two attached hydrogens (primary N) is 1. The fourth-order valence-electron chi connectivity index (χ4n) is 1.51. The van der Waals surface area contributed by atoms with Crippen LogP contribution in [0.1, 0.15) is 17.3 Å². The van der Waals surface area contributed by atoms with Gasteiger partial charge in [0, 0.05) is 13.2 Å². The van der Waals surface area contributed by atoms with Gasteiger partial charge in [0.25, 0.3) is 5.91 Å². The molecule has 0 aliphatic carbocycles. The Kier molecular flexibility index (Phi) is 5.46. The Morgan fingerprint density at radius 2 is 2.15 bits per heavy atom. The van der Waals surface area contributed by atoms with Crippen LogP contribution in [0.4, 0.5) is 4.39 Å². The van der Waals surface area contributed by atoms with Gasteiger partial charge in [-0.15, -0.1) is 0 Å². The zero-order chi connectivity index (χ0) is 15.5. The summed E-state index contributed by atoms with van der Waals surface area (Å²) in [5, 5.41) is 7.18. The number of rotatable bonds is 5. The third kappa shape index (κ3) is 4.14. The van der Waals surface area contributed by atoms with Gasteiger partial charge in [-0.2, -0.15) is 0 Å². The van der Waals surface area contributed by atoms with Crippen molar-refractivity contribution in [2.75, 3.05) is 13.7 Å². The van der Waals surface area contributed by atoms with Gasteiger partial charge >= 0.3 is 0 Å². The molecule has 0 aliphatic heterocycles. The summed E-state index contributed by atoms with van der Waals surface area (Å²) in [5.41, 5.74) is -0.181. The van der Waals surface area contributed by atoms with E-state index in [9.17, 15) is 17.6 Å². The van der Waals surface area contributed by atoms with E-state index in [1.54, 1.807) is 6.92 Å². The molecule has 0 spiro atoms. The van der Waals surface area contributed by atoms with Crippen LogP contribution >= 0.6 is 11.6 Å². The van der Waals surface area contributed by atoms with Crippen LogP contribution in [0.2, 0.25) is 5.02 Å². The van der Waals surface area contributed by atoms with Gasteiger partial charge in [-0.3, -0.25) is 4.79 Å². The number of methoxy groups -OCH3 is 1. The fraction of sp³-hybridized carbons (Fsp3) is 0.364. The smallest absolute Gasteiger partial charge is 0.253 e. The number of carbonyl (C=O) groups is 1. The number of ether oxygens (including phenoxy) is 1. The number of halogens is 2. The van der Waals surface area contributed by atoms with E-state index < -0.39 is 26.6 Å². The molecular weight excluding hydrogens is 311 g/mol. The lowest BCUT2D eigenvalue weighted by atomic mass is 10.2. The van der Waals surface area contributed by atoms with E-state index in [2.05, 4.69) is 5.32 Å². The number of nitrogens with one attached hydrogen (secondary N) is 1. The van der Waals surface area contributed by atoms with Crippen LogP contribution in [0.25, 0.3) is 0 Å². The first-order chi connectivity index (χ1) is 9.16. The maximum atomic E-state index is 13.5. The first-order valence-electron chi connectivity index (χ1n) is 5.48. The van der Waals surface area contributed by atoms with Gasteiger partial charge in [-0.05, 0) is 19.1 Å². The van der Waals surface area contributed by atoms with Crippen molar-refractivity contribution >= 4 is 27.5 Å². The van der Waals surface area contributed by atoms with Gasteiger partial charge < -0.3 is 10.1 Å². The normalized spacial score (nSPS) is 13.1. The average Bonchev–Trinajstić information content (AvgIpc) is 2.26. The second kappa shape index (κ2) is 6.49. The summed E-state index contributed by atoms with van der Waals surface area (Å²) in [4.78, 5) is 11.1. The van der Waals surface area contributed by atoms with Crippen molar-refractivity contribution in [3.63, 3.8) is 0 Å². The Bertz CT molecular complexity index is 621. The predicted octanol–water partition coefficient (Wildman–Crippen LogP) is 0.891. The maximum absolute atomic E-state index is 13.5. The topological polar surface area (TPSA) is 98.5 Å². The zero-order valence-corrected chi connectivity index (χ0v) is 12.4. The van der Waals surface area contributed by atoms with Gasteiger partial charge in [0.05, 0.1) is 17.2 Å².